The molecule has 0 aliphatic rings. The van der Waals surface area contributed by atoms with Crippen molar-refractivity contribution in [3.63, 3.8) is 0 Å². The molecule has 0 aliphatic heterocycles. The monoisotopic (exact) mass is 564 g/mol. The molecule has 0 spiro atoms. The third-order valence-corrected chi connectivity index (χ3v) is 8.79. The summed E-state index contributed by atoms with van der Waals surface area (Å²) in [6, 6.07) is 51.1. The summed E-state index contributed by atoms with van der Waals surface area (Å²) in [4.78, 5) is 10.3. The van der Waals surface area contributed by atoms with E-state index in [9.17, 15) is 0 Å². The lowest BCUT2D eigenvalue weighted by Gasteiger charge is -2.16. The largest absolute Gasteiger partial charge is 0.278 e. The Kier molecular flexibility index (Phi) is 4.63. The number of nitrogens with zero attached hydrogens (tertiary/aromatic N) is 6. The first-order valence-corrected chi connectivity index (χ1v) is 14.8. The fraction of sp³-hybridized carbons (Fsp3) is 0. The Bertz CT molecular complexity index is 2540. The molecular formula is C38H24N6. The summed E-state index contributed by atoms with van der Waals surface area (Å²) < 4.78 is 9.14. The first-order chi connectivity index (χ1) is 21.9. The number of aromatic nitrogens is 6. The van der Waals surface area contributed by atoms with Gasteiger partial charge in [-0.2, -0.15) is 0 Å². The van der Waals surface area contributed by atoms with Crippen LogP contribution in [-0.4, -0.2) is 27.9 Å². The molecule has 0 bridgehead atoms. The van der Waals surface area contributed by atoms with Crippen LogP contribution in [0, 0.1) is 0 Å². The third kappa shape index (κ3) is 3.03. The summed E-state index contributed by atoms with van der Waals surface area (Å²) in [6.07, 6.45) is 0. The SMILES string of the molecule is c1ccc(-n2c3ccccc3n3c4ccccc4nc23)c(-c2ccccc2-n2c3ccccc3n3c4ccccc4nc23)c1. The lowest BCUT2D eigenvalue weighted by molar-refractivity contribution is 1.10. The second kappa shape index (κ2) is 8.69. The molecule has 0 aliphatic carbocycles. The molecule has 206 valence electrons. The standard InChI is InChI=1S/C38H24N6/c1-5-17-29(41-33-21-9-11-23-35(33)43-31-19-7-3-15-27(31)39-37(41)43)25(13-1)26-14-2-6-18-30(26)42-34-22-10-12-24-36(34)44-32-20-8-4-16-28(32)40-38(42)44/h1-24H. The summed E-state index contributed by atoms with van der Waals surface area (Å²) in [5.41, 5.74) is 13.0. The van der Waals surface area contributed by atoms with Crippen molar-refractivity contribution in [1.82, 2.24) is 27.9 Å². The van der Waals surface area contributed by atoms with Gasteiger partial charge < -0.3 is 0 Å². The molecule has 0 N–H and O–H groups in total. The zero-order valence-corrected chi connectivity index (χ0v) is 23.5. The molecule has 0 amide bonds. The van der Waals surface area contributed by atoms with E-state index in [-0.39, 0.29) is 0 Å². The van der Waals surface area contributed by atoms with E-state index in [4.69, 9.17) is 9.97 Å². The highest BCUT2D eigenvalue weighted by molar-refractivity contribution is 5.96. The highest BCUT2D eigenvalue weighted by Crippen LogP contribution is 2.38. The Hall–Kier alpha value is -6.14. The third-order valence-electron chi connectivity index (χ3n) is 8.79. The van der Waals surface area contributed by atoms with Crippen LogP contribution in [0.15, 0.2) is 146 Å². The topological polar surface area (TPSA) is 44.5 Å². The van der Waals surface area contributed by atoms with Gasteiger partial charge >= 0.3 is 0 Å². The van der Waals surface area contributed by atoms with Gasteiger partial charge in [-0.1, -0.05) is 84.9 Å². The molecule has 10 aromatic rings. The molecule has 0 unspecified atom stereocenters. The van der Waals surface area contributed by atoms with E-state index in [0.29, 0.717) is 0 Å². The van der Waals surface area contributed by atoms with Crippen LogP contribution in [0.3, 0.4) is 0 Å². The van der Waals surface area contributed by atoms with Gasteiger partial charge in [-0.25, -0.2) is 9.97 Å². The van der Waals surface area contributed by atoms with Crippen molar-refractivity contribution in [3.8, 4) is 22.5 Å². The highest BCUT2D eigenvalue weighted by atomic mass is 15.2. The number of para-hydroxylation sites is 10. The van der Waals surface area contributed by atoms with Gasteiger partial charge in [0.2, 0.25) is 11.6 Å². The van der Waals surface area contributed by atoms with Crippen LogP contribution >= 0.6 is 0 Å². The molecule has 0 saturated carbocycles. The van der Waals surface area contributed by atoms with Gasteiger partial charge in [0.1, 0.15) is 0 Å². The second-order valence-corrected chi connectivity index (χ2v) is 11.2. The van der Waals surface area contributed by atoms with Crippen molar-refractivity contribution in [2.75, 3.05) is 0 Å². The van der Waals surface area contributed by atoms with Crippen LogP contribution in [-0.2, 0) is 0 Å². The molecule has 10 rings (SSSR count). The predicted octanol–water partition coefficient (Wildman–Crippen LogP) is 8.84. The fourth-order valence-electron chi connectivity index (χ4n) is 6.97. The van der Waals surface area contributed by atoms with Crippen LogP contribution in [0.25, 0.3) is 78.2 Å². The molecule has 0 radical (unpaired) electrons. The van der Waals surface area contributed by atoms with Crippen LogP contribution < -0.4 is 0 Å². The number of rotatable bonds is 3. The van der Waals surface area contributed by atoms with Crippen molar-refractivity contribution < 1.29 is 0 Å². The van der Waals surface area contributed by atoms with Gasteiger partial charge in [-0.05, 0) is 60.7 Å². The fourth-order valence-corrected chi connectivity index (χ4v) is 6.97. The smallest absolute Gasteiger partial charge is 0.220 e. The number of benzene rings is 6. The van der Waals surface area contributed by atoms with E-state index in [2.05, 4.69) is 151 Å². The Balaban J connectivity index is 1.31. The molecule has 44 heavy (non-hydrogen) atoms. The van der Waals surface area contributed by atoms with E-state index >= 15 is 0 Å². The van der Waals surface area contributed by atoms with E-state index in [1.54, 1.807) is 0 Å². The van der Waals surface area contributed by atoms with E-state index in [0.717, 1.165) is 78.2 Å². The Morgan fingerprint density at radius 2 is 0.659 bits per heavy atom. The van der Waals surface area contributed by atoms with Gasteiger partial charge in [-0.3, -0.25) is 17.9 Å². The molecule has 6 aromatic carbocycles. The average molecular weight is 565 g/mol. The maximum absolute atomic E-state index is 5.15. The van der Waals surface area contributed by atoms with E-state index in [1.165, 1.54) is 0 Å². The van der Waals surface area contributed by atoms with Crippen molar-refractivity contribution in [3.05, 3.63) is 146 Å². The summed E-state index contributed by atoms with van der Waals surface area (Å²) in [5.74, 6) is 1.79. The summed E-state index contributed by atoms with van der Waals surface area (Å²) in [6.45, 7) is 0. The summed E-state index contributed by atoms with van der Waals surface area (Å²) in [5, 5.41) is 0. The second-order valence-electron chi connectivity index (χ2n) is 11.2. The highest BCUT2D eigenvalue weighted by Gasteiger charge is 2.22. The first-order valence-electron chi connectivity index (χ1n) is 14.8. The summed E-state index contributed by atoms with van der Waals surface area (Å²) >= 11 is 0. The minimum atomic E-state index is 0.894. The first kappa shape index (κ1) is 23.4. The quantitative estimate of drug-likeness (QED) is 0.215. The number of hydrogen-bond acceptors (Lipinski definition) is 2. The molecule has 6 nitrogen and oxygen atoms in total. The molecule has 4 aromatic heterocycles. The van der Waals surface area contributed by atoms with Crippen LogP contribution in [0.4, 0.5) is 0 Å². The zero-order valence-electron chi connectivity index (χ0n) is 23.5. The maximum Gasteiger partial charge on any atom is 0.220 e. The zero-order chi connectivity index (χ0) is 28.8. The van der Waals surface area contributed by atoms with Crippen LogP contribution in [0.5, 0.6) is 0 Å². The van der Waals surface area contributed by atoms with Gasteiger partial charge in [0.25, 0.3) is 0 Å². The average Bonchev–Trinajstić information content (AvgIpc) is 3.81. The lowest BCUT2D eigenvalue weighted by Crippen LogP contribution is -2.02. The number of imidazole rings is 4. The van der Waals surface area contributed by atoms with Crippen molar-refractivity contribution in [2.24, 2.45) is 0 Å². The molecule has 0 saturated heterocycles. The van der Waals surface area contributed by atoms with Crippen molar-refractivity contribution >= 4 is 55.7 Å². The van der Waals surface area contributed by atoms with Gasteiger partial charge in [-0.15, -0.1) is 0 Å². The Morgan fingerprint density at radius 1 is 0.318 bits per heavy atom. The Labute approximate surface area is 251 Å². The molecular weight excluding hydrogens is 540 g/mol. The van der Waals surface area contributed by atoms with Gasteiger partial charge in [0.15, 0.2) is 0 Å². The molecule has 0 fully saturated rings. The molecule has 0 atom stereocenters. The number of fused-ring (bicyclic) bond motifs is 10. The van der Waals surface area contributed by atoms with E-state index in [1.807, 2.05) is 12.1 Å². The van der Waals surface area contributed by atoms with Crippen LogP contribution in [0.1, 0.15) is 0 Å². The minimum Gasteiger partial charge on any atom is -0.278 e. The normalized spacial score (nSPS) is 12.1. The molecule has 4 heterocycles. The van der Waals surface area contributed by atoms with Crippen molar-refractivity contribution in [1.29, 1.82) is 0 Å². The van der Waals surface area contributed by atoms with Gasteiger partial charge in [0.05, 0.1) is 55.5 Å². The van der Waals surface area contributed by atoms with E-state index < -0.39 is 0 Å². The van der Waals surface area contributed by atoms with Gasteiger partial charge in [0, 0.05) is 11.1 Å². The lowest BCUT2D eigenvalue weighted by atomic mass is 10.0. The maximum atomic E-state index is 5.15. The molecule has 6 heteroatoms. The summed E-state index contributed by atoms with van der Waals surface area (Å²) in [7, 11) is 0. The minimum absolute atomic E-state index is 0.894. The van der Waals surface area contributed by atoms with Crippen LogP contribution in [0.2, 0.25) is 0 Å². The number of hydrogen-bond donors (Lipinski definition) is 0. The van der Waals surface area contributed by atoms with Crippen molar-refractivity contribution in [2.45, 2.75) is 0 Å². The predicted molar refractivity (Wildman–Crippen MR) is 178 cm³/mol. The Morgan fingerprint density at radius 3 is 1.11 bits per heavy atom.